The van der Waals surface area contributed by atoms with Crippen LogP contribution in [-0.2, 0) is 0 Å². The minimum Gasteiger partial charge on any atom is -0.475 e. The topological polar surface area (TPSA) is 47.0 Å². The van der Waals surface area contributed by atoms with Gasteiger partial charge in [-0.15, -0.1) is 6.58 Å². The van der Waals surface area contributed by atoms with Crippen molar-refractivity contribution in [1.29, 1.82) is 0 Å². The first-order valence-electron chi connectivity index (χ1n) is 5.17. The first kappa shape index (κ1) is 12.4. The summed E-state index contributed by atoms with van der Waals surface area (Å²) in [6.45, 7) is 8.59. The van der Waals surface area contributed by atoms with Crippen molar-refractivity contribution < 1.29 is 9.13 Å². The molecule has 16 heavy (non-hydrogen) atoms. The van der Waals surface area contributed by atoms with E-state index >= 15 is 0 Å². The Balaban J connectivity index is 2.62. The highest BCUT2D eigenvalue weighted by molar-refractivity contribution is 5.28. The average molecular weight is 225 g/mol. The molecule has 0 fully saturated rings. The summed E-state index contributed by atoms with van der Waals surface area (Å²) in [5.74, 6) is -0.204. The molecule has 0 saturated heterocycles. The summed E-state index contributed by atoms with van der Waals surface area (Å²) in [7, 11) is 0. The van der Waals surface area contributed by atoms with Crippen LogP contribution in [-0.4, -0.2) is 23.1 Å². The molecule has 0 aromatic carbocycles. The van der Waals surface area contributed by atoms with Crippen molar-refractivity contribution in [3.05, 3.63) is 24.2 Å². The third-order valence-electron chi connectivity index (χ3n) is 1.81. The molecule has 0 aliphatic heterocycles. The molecule has 0 unspecified atom stereocenters. The number of anilines is 1. The Labute approximate surface area is 94.6 Å². The fraction of sp³-hybridized carbons (Fsp3) is 0.455. The molecule has 0 amide bonds. The second-order valence-corrected chi connectivity index (χ2v) is 3.43. The van der Waals surface area contributed by atoms with Gasteiger partial charge in [-0.25, -0.2) is 4.98 Å². The summed E-state index contributed by atoms with van der Waals surface area (Å²) in [6, 6.07) is 0. The molecular weight excluding hydrogens is 209 g/mol. The fourth-order valence-corrected chi connectivity index (χ4v) is 1.02. The lowest BCUT2D eigenvalue weighted by molar-refractivity contribution is 0.291. The summed E-state index contributed by atoms with van der Waals surface area (Å²) < 4.78 is 18.4. The Kier molecular flexibility index (Phi) is 4.69. The predicted octanol–water partition coefficient (Wildman–Crippen LogP) is 2.39. The molecule has 0 radical (unpaired) electrons. The zero-order valence-corrected chi connectivity index (χ0v) is 9.59. The van der Waals surface area contributed by atoms with E-state index in [0.29, 0.717) is 25.5 Å². The van der Waals surface area contributed by atoms with Crippen LogP contribution >= 0.6 is 0 Å². The molecule has 5 heteroatoms. The first-order valence-corrected chi connectivity index (χ1v) is 5.17. The first-order chi connectivity index (χ1) is 7.63. The maximum atomic E-state index is 13.2. The van der Waals surface area contributed by atoms with Crippen molar-refractivity contribution in [3.63, 3.8) is 0 Å². The minimum atomic E-state index is -0.552. The molecule has 1 N–H and O–H groups in total. The van der Waals surface area contributed by atoms with Gasteiger partial charge in [-0.1, -0.05) is 5.57 Å². The molecule has 88 valence electrons. The van der Waals surface area contributed by atoms with E-state index in [4.69, 9.17) is 4.74 Å². The van der Waals surface area contributed by atoms with Crippen LogP contribution in [0.4, 0.5) is 10.3 Å². The zero-order valence-electron chi connectivity index (χ0n) is 9.59. The van der Waals surface area contributed by atoms with Crippen LogP contribution in [0.1, 0.15) is 20.3 Å². The SMILES string of the molecule is C=C(C)CCOc1nc(NCC)ncc1F. The van der Waals surface area contributed by atoms with Gasteiger partial charge in [0.1, 0.15) is 0 Å². The van der Waals surface area contributed by atoms with E-state index in [-0.39, 0.29) is 5.88 Å². The summed E-state index contributed by atoms with van der Waals surface area (Å²) >= 11 is 0. The molecule has 0 saturated carbocycles. The molecule has 0 spiro atoms. The maximum Gasteiger partial charge on any atom is 0.255 e. The van der Waals surface area contributed by atoms with Crippen LogP contribution in [0.3, 0.4) is 0 Å². The van der Waals surface area contributed by atoms with Gasteiger partial charge in [0.05, 0.1) is 12.8 Å². The van der Waals surface area contributed by atoms with Gasteiger partial charge < -0.3 is 10.1 Å². The molecule has 0 aliphatic rings. The van der Waals surface area contributed by atoms with Crippen molar-refractivity contribution in [2.75, 3.05) is 18.5 Å². The largest absolute Gasteiger partial charge is 0.475 e. The van der Waals surface area contributed by atoms with Crippen molar-refractivity contribution in [3.8, 4) is 5.88 Å². The normalized spacial score (nSPS) is 9.94. The number of nitrogens with one attached hydrogen (secondary N) is 1. The Bertz CT molecular complexity index is 368. The summed E-state index contributed by atoms with van der Waals surface area (Å²) in [6.07, 6.45) is 1.78. The van der Waals surface area contributed by atoms with Crippen LogP contribution in [0.25, 0.3) is 0 Å². The summed E-state index contributed by atoms with van der Waals surface area (Å²) in [5, 5.41) is 2.89. The second kappa shape index (κ2) is 6.05. The number of hydrogen-bond acceptors (Lipinski definition) is 4. The fourth-order valence-electron chi connectivity index (χ4n) is 1.02. The second-order valence-electron chi connectivity index (χ2n) is 3.43. The molecule has 0 atom stereocenters. The highest BCUT2D eigenvalue weighted by Gasteiger charge is 2.07. The minimum absolute atomic E-state index is 0.0211. The van der Waals surface area contributed by atoms with Gasteiger partial charge in [0.15, 0.2) is 0 Å². The van der Waals surface area contributed by atoms with Gasteiger partial charge in [-0.2, -0.15) is 9.37 Å². The highest BCUT2D eigenvalue weighted by atomic mass is 19.1. The monoisotopic (exact) mass is 225 g/mol. The summed E-state index contributed by atoms with van der Waals surface area (Å²) in [4.78, 5) is 7.69. The Morgan fingerprint density at radius 3 is 3.00 bits per heavy atom. The number of halogens is 1. The molecule has 1 heterocycles. The highest BCUT2D eigenvalue weighted by Crippen LogP contribution is 2.14. The molecule has 1 aromatic heterocycles. The van der Waals surface area contributed by atoms with Crippen molar-refractivity contribution in [2.45, 2.75) is 20.3 Å². The van der Waals surface area contributed by atoms with Gasteiger partial charge in [-0.3, -0.25) is 0 Å². The molecule has 0 aliphatic carbocycles. The van der Waals surface area contributed by atoms with Crippen LogP contribution in [0.2, 0.25) is 0 Å². The lowest BCUT2D eigenvalue weighted by atomic mass is 10.3. The van der Waals surface area contributed by atoms with Crippen molar-refractivity contribution in [1.82, 2.24) is 9.97 Å². The number of hydrogen-bond donors (Lipinski definition) is 1. The lowest BCUT2D eigenvalue weighted by Crippen LogP contribution is -2.07. The Morgan fingerprint density at radius 1 is 1.62 bits per heavy atom. The van der Waals surface area contributed by atoms with Crippen LogP contribution in [0.15, 0.2) is 18.3 Å². The number of aromatic nitrogens is 2. The van der Waals surface area contributed by atoms with Gasteiger partial charge >= 0.3 is 0 Å². The maximum absolute atomic E-state index is 13.2. The smallest absolute Gasteiger partial charge is 0.255 e. The van der Waals surface area contributed by atoms with Gasteiger partial charge in [0.25, 0.3) is 5.88 Å². The molecule has 1 rings (SSSR count). The molecule has 1 aromatic rings. The Morgan fingerprint density at radius 2 is 2.38 bits per heavy atom. The number of rotatable bonds is 6. The van der Waals surface area contributed by atoms with Crippen LogP contribution < -0.4 is 10.1 Å². The van der Waals surface area contributed by atoms with E-state index in [9.17, 15) is 4.39 Å². The van der Waals surface area contributed by atoms with Crippen LogP contribution in [0.5, 0.6) is 5.88 Å². The van der Waals surface area contributed by atoms with Gasteiger partial charge in [-0.05, 0) is 13.8 Å². The van der Waals surface area contributed by atoms with E-state index in [1.807, 2.05) is 13.8 Å². The van der Waals surface area contributed by atoms with Gasteiger partial charge in [0, 0.05) is 13.0 Å². The third kappa shape index (κ3) is 3.84. The van der Waals surface area contributed by atoms with E-state index in [0.717, 1.165) is 11.8 Å². The molecular formula is C11H16FN3O. The molecule has 4 nitrogen and oxygen atoms in total. The number of ether oxygens (including phenoxy) is 1. The average Bonchev–Trinajstić information content (AvgIpc) is 2.22. The van der Waals surface area contributed by atoms with E-state index in [1.54, 1.807) is 0 Å². The molecule has 0 bridgehead atoms. The Hall–Kier alpha value is -1.65. The predicted molar refractivity (Wildman–Crippen MR) is 61.1 cm³/mol. The lowest BCUT2D eigenvalue weighted by Gasteiger charge is -2.07. The van der Waals surface area contributed by atoms with E-state index in [2.05, 4.69) is 21.9 Å². The van der Waals surface area contributed by atoms with Crippen molar-refractivity contribution in [2.24, 2.45) is 0 Å². The van der Waals surface area contributed by atoms with Gasteiger partial charge in [0.2, 0.25) is 11.8 Å². The van der Waals surface area contributed by atoms with E-state index < -0.39 is 5.82 Å². The number of nitrogens with zero attached hydrogens (tertiary/aromatic N) is 2. The zero-order chi connectivity index (χ0) is 12.0. The van der Waals surface area contributed by atoms with E-state index in [1.165, 1.54) is 0 Å². The third-order valence-corrected chi connectivity index (χ3v) is 1.81. The van der Waals surface area contributed by atoms with Crippen molar-refractivity contribution >= 4 is 5.95 Å². The van der Waals surface area contributed by atoms with Crippen LogP contribution in [0, 0.1) is 5.82 Å². The summed E-state index contributed by atoms with van der Waals surface area (Å²) in [5.41, 5.74) is 0.987. The standard InChI is InChI=1S/C11H16FN3O/c1-4-13-11-14-7-9(12)10(15-11)16-6-5-8(2)3/h7H,2,4-6H2,1,3H3,(H,13,14,15). The quantitative estimate of drug-likeness (QED) is 0.755.